The Hall–Kier alpha value is -0.970. The zero-order valence-electron chi connectivity index (χ0n) is 13.9. The van der Waals surface area contributed by atoms with E-state index in [9.17, 15) is 4.79 Å². The van der Waals surface area contributed by atoms with E-state index in [4.69, 9.17) is 0 Å². The van der Waals surface area contributed by atoms with Gasteiger partial charge in [-0.3, -0.25) is 4.79 Å². The zero-order valence-corrected chi connectivity index (χ0v) is 15.6. The van der Waals surface area contributed by atoms with Crippen LogP contribution in [0.15, 0.2) is 18.2 Å². The number of amides is 1. The molecule has 2 fully saturated rings. The molecule has 24 heavy (non-hydrogen) atoms. The van der Waals surface area contributed by atoms with Crippen molar-refractivity contribution in [2.45, 2.75) is 25.7 Å². The van der Waals surface area contributed by atoms with Crippen molar-refractivity contribution < 1.29 is 4.79 Å². The Morgan fingerprint density at radius 3 is 2.50 bits per heavy atom. The Labute approximate surface area is 156 Å². The second-order valence-electron chi connectivity index (χ2n) is 6.91. The largest absolute Gasteiger partial charge is 0.385 e. The van der Waals surface area contributed by atoms with Crippen LogP contribution in [0.2, 0.25) is 0 Å². The van der Waals surface area contributed by atoms with E-state index in [0.717, 1.165) is 81.5 Å². The van der Waals surface area contributed by atoms with Crippen LogP contribution in [0.3, 0.4) is 0 Å². The molecule has 0 aromatic heterocycles. The molecule has 1 amide bonds. The standard InChI is InChI=1S/C18H25N3O.2ClH/c22-18(16-3-1-5-17-15(16)4-2-8-20-17)21-9-6-13-11-19-12-14(13)7-10-21;;/h1,3,5,13-14,19-20H,2,4,6-12H2;2*1H/t13-,14+;;. The molecule has 0 saturated carbocycles. The summed E-state index contributed by atoms with van der Waals surface area (Å²) in [4.78, 5) is 15.1. The zero-order chi connectivity index (χ0) is 14.9. The molecule has 0 unspecified atom stereocenters. The molecule has 4 nitrogen and oxygen atoms in total. The van der Waals surface area contributed by atoms with Gasteiger partial charge in [0.1, 0.15) is 0 Å². The smallest absolute Gasteiger partial charge is 0.254 e. The molecule has 0 aliphatic carbocycles. The van der Waals surface area contributed by atoms with Gasteiger partial charge in [-0.05, 0) is 68.3 Å². The first-order chi connectivity index (χ1) is 10.8. The lowest BCUT2D eigenvalue weighted by molar-refractivity contribution is 0.0757. The highest BCUT2D eigenvalue weighted by Gasteiger charge is 2.32. The maximum atomic E-state index is 13.0. The number of carbonyl (C=O) groups is 1. The maximum absolute atomic E-state index is 13.0. The highest BCUT2D eigenvalue weighted by Crippen LogP contribution is 2.30. The number of rotatable bonds is 1. The SMILES string of the molecule is Cl.Cl.O=C(c1cccc2c1CCCN2)N1CC[C@@H]2CNC[C@@H]2CC1. The fourth-order valence-corrected chi connectivity index (χ4v) is 4.30. The van der Waals surface area contributed by atoms with Crippen molar-refractivity contribution in [3.05, 3.63) is 29.3 Å². The quantitative estimate of drug-likeness (QED) is 0.797. The van der Waals surface area contributed by atoms with Gasteiger partial charge in [0, 0.05) is 30.9 Å². The van der Waals surface area contributed by atoms with Crippen LogP contribution in [0, 0.1) is 11.8 Å². The van der Waals surface area contributed by atoms with E-state index in [0.29, 0.717) is 0 Å². The van der Waals surface area contributed by atoms with Gasteiger partial charge in [0.25, 0.3) is 5.91 Å². The molecule has 3 aliphatic rings. The molecule has 1 aromatic rings. The predicted octanol–water partition coefficient (Wildman–Crippen LogP) is 2.96. The van der Waals surface area contributed by atoms with E-state index in [2.05, 4.69) is 21.6 Å². The van der Waals surface area contributed by atoms with Crippen LogP contribution in [0.1, 0.15) is 35.2 Å². The van der Waals surface area contributed by atoms with Gasteiger partial charge < -0.3 is 15.5 Å². The number of halogens is 2. The van der Waals surface area contributed by atoms with E-state index in [1.165, 1.54) is 5.56 Å². The normalized spacial score (nSPS) is 25.2. The lowest BCUT2D eigenvalue weighted by atomic mass is 9.92. The summed E-state index contributed by atoms with van der Waals surface area (Å²) in [6.07, 6.45) is 4.44. The van der Waals surface area contributed by atoms with Crippen LogP contribution in [-0.2, 0) is 6.42 Å². The van der Waals surface area contributed by atoms with Gasteiger partial charge >= 0.3 is 0 Å². The van der Waals surface area contributed by atoms with Gasteiger partial charge in [-0.15, -0.1) is 24.8 Å². The Balaban J connectivity index is 0.00000104. The molecule has 134 valence electrons. The molecule has 2 atom stereocenters. The summed E-state index contributed by atoms with van der Waals surface area (Å²) in [6, 6.07) is 6.13. The van der Waals surface area contributed by atoms with Crippen molar-refractivity contribution in [1.82, 2.24) is 10.2 Å². The Morgan fingerprint density at radius 2 is 1.79 bits per heavy atom. The molecule has 3 aliphatic heterocycles. The third-order valence-electron chi connectivity index (χ3n) is 5.63. The van der Waals surface area contributed by atoms with E-state index in [1.807, 2.05) is 12.1 Å². The second kappa shape index (κ2) is 8.41. The van der Waals surface area contributed by atoms with Crippen molar-refractivity contribution in [2.75, 3.05) is 38.0 Å². The Kier molecular flexibility index (Phi) is 6.79. The minimum absolute atomic E-state index is 0. The van der Waals surface area contributed by atoms with Gasteiger partial charge in [-0.2, -0.15) is 0 Å². The van der Waals surface area contributed by atoms with Crippen molar-refractivity contribution in [2.24, 2.45) is 11.8 Å². The van der Waals surface area contributed by atoms with Gasteiger partial charge in [-0.1, -0.05) is 6.07 Å². The average Bonchev–Trinajstić information content (AvgIpc) is 2.92. The summed E-state index contributed by atoms with van der Waals surface area (Å²) in [5, 5.41) is 6.92. The number of fused-ring (bicyclic) bond motifs is 2. The average molecular weight is 372 g/mol. The summed E-state index contributed by atoms with van der Waals surface area (Å²) in [7, 11) is 0. The minimum Gasteiger partial charge on any atom is -0.385 e. The Bertz CT molecular complexity index is 567. The molecule has 0 bridgehead atoms. The Morgan fingerprint density at radius 1 is 1.08 bits per heavy atom. The van der Waals surface area contributed by atoms with Gasteiger partial charge in [0.05, 0.1) is 0 Å². The molecular weight excluding hydrogens is 345 g/mol. The summed E-state index contributed by atoms with van der Waals surface area (Å²) in [6.45, 7) is 5.12. The molecular formula is C18H27Cl2N3O. The molecule has 6 heteroatoms. The van der Waals surface area contributed by atoms with Gasteiger partial charge in [-0.25, -0.2) is 0 Å². The number of likely N-dealkylation sites (tertiary alicyclic amines) is 1. The number of hydrogen-bond donors (Lipinski definition) is 2. The fraction of sp³-hybridized carbons (Fsp3) is 0.611. The van der Waals surface area contributed by atoms with Crippen molar-refractivity contribution in [3.63, 3.8) is 0 Å². The third kappa shape index (κ3) is 3.66. The second-order valence-corrected chi connectivity index (χ2v) is 6.91. The molecule has 2 N–H and O–H groups in total. The van der Waals surface area contributed by atoms with E-state index < -0.39 is 0 Å². The summed E-state index contributed by atoms with van der Waals surface area (Å²) >= 11 is 0. The molecule has 2 saturated heterocycles. The highest BCUT2D eigenvalue weighted by molar-refractivity contribution is 5.97. The summed E-state index contributed by atoms with van der Waals surface area (Å²) in [5.74, 6) is 1.78. The monoisotopic (exact) mass is 371 g/mol. The van der Waals surface area contributed by atoms with Crippen LogP contribution in [-0.4, -0.2) is 43.5 Å². The summed E-state index contributed by atoms with van der Waals surface area (Å²) in [5.41, 5.74) is 3.31. The predicted molar refractivity (Wildman–Crippen MR) is 103 cm³/mol. The maximum Gasteiger partial charge on any atom is 0.254 e. The van der Waals surface area contributed by atoms with Crippen LogP contribution in [0.25, 0.3) is 0 Å². The molecule has 3 heterocycles. The minimum atomic E-state index is 0. The van der Waals surface area contributed by atoms with Gasteiger partial charge in [0.2, 0.25) is 0 Å². The first kappa shape index (κ1) is 19.4. The number of benzene rings is 1. The van der Waals surface area contributed by atoms with Crippen LogP contribution >= 0.6 is 24.8 Å². The van der Waals surface area contributed by atoms with Crippen LogP contribution in [0.5, 0.6) is 0 Å². The number of hydrogen-bond acceptors (Lipinski definition) is 3. The van der Waals surface area contributed by atoms with Crippen molar-refractivity contribution >= 4 is 36.4 Å². The van der Waals surface area contributed by atoms with E-state index in [1.54, 1.807) is 0 Å². The summed E-state index contributed by atoms with van der Waals surface area (Å²) < 4.78 is 0. The number of nitrogens with one attached hydrogen (secondary N) is 2. The topological polar surface area (TPSA) is 44.4 Å². The molecule has 1 aromatic carbocycles. The lowest BCUT2D eigenvalue weighted by Crippen LogP contribution is -2.34. The van der Waals surface area contributed by atoms with E-state index in [-0.39, 0.29) is 30.7 Å². The number of anilines is 1. The van der Waals surface area contributed by atoms with Crippen molar-refractivity contribution in [3.8, 4) is 0 Å². The third-order valence-corrected chi connectivity index (χ3v) is 5.63. The van der Waals surface area contributed by atoms with Crippen molar-refractivity contribution in [1.29, 1.82) is 0 Å². The first-order valence-corrected chi connectivity index (χ1v) is 8.68. The lowest BCUT2D eigenvalue weighted by Gasteiger charge is -2.25. The highest BCUT2D eigenvalue weighted by atomic mass is 35.5. The fourth-order valence-electron chi connectivity index (χ4n) is 4.30. The molecule has 4 rings (SSSR count). The number of carbonyl (C=O) groups excluding carboxylic acids is 1. The van der Waals surface area contributed by atoms with Crippen LogP contribution in [0.4, 0.5) is 5.69 Å². The van der Waals surface area contributed by atoms with Crippen LogP contribution < -0.4 is 10.6 Å². The first-order valence-electron chi connectivity index (χ1n) is 8.68. The molecule has 0 radical (unpaired) electrons. The van der Waals surface area contributed by atoms with Gasteiger partial charge in [0.15, 0.2) is 0 Å². The number of nitrogens with zero attached hydrogens (tertiary/aromatic N) is 1. The molecule has 0 spiro atoms. The van der Waals surface area contributed by atoms with E-state index >= 15 is 0 Å².